The van der Waals surface area contributed by atoms with E-state index in [1.165, 1.54) is 6.20 Å². The van der Waals surface area contributed by atoms with Crippen LogP contribution in [0.15, 0.2) is 55.0 Å². The molecule has 3 aromatic rings. The van der Waals surface area contributed by atoms with Gasteiger partial charge in [-0.15, -0.1) is 0 Å². The van der Waals surface area contributed by atoms with Gasteiger partial charge in [0.1, 0.15) is 0 Å². The summed E-state index contributed by atoms with van der Waals surface area (Å²) >= 11 is 0. The molecule has 0 unspecified atom stereocenters. The number of hydrogen-bond donors (Lipinski definition) is 1. The van der Waals surface area contributed by atoms with Gasteiger partial charge >= 0.3 is 0 Å². The van der Waals surface area contributed by atoms with Gasteiger partial charge in [-0.2, -0.15) is 9.99 Å². The Hall–Kier alpha value is -3.13. The smallest absolute Gasteiger partial charge is 0.175 e. The zero-order valence-corrected chi connectivity index (χ0v) is 10.4. The number of aromatic nitrogens is 3. The van der Waals surface area contributed by atoms with E-state index in [0.717, 1.165) is 10.3 Å². The molecule has 0 radical (unpaired) electrons. The Labute approximate surface area is 115 Å². The quantitative estimate of drug-likeness (QED) is 0.720. The van der Waals surface area contributed by atoms with E-state index in [0.29, 0.717) is 22.6 Å². The monoisotopic (exact) mass is 262 g/mol. The first kappa shape index (κ1) is 11.9. The summed E-state index contributed by atoms with van der Waals surface area (Å²) in [4.78, 5) is 8.35. The normalized spacial score (nSPS) is 10.2. The molecule has 0 atom stereocenters. The van der Waals surface area contributed by atoms with Crippen molar-refractivity contribution in [2.45, 2.75) is 0 Å². The Kier molecular flexibility index (Phi) is 2.90. The van der Waals surface area contributed by atoms with Gasteiger partial charge in [0.15, 0.2) is 5.82 Å². The number of rotatable bonds is 2. The fourth-order valence-electron chi connectivity index (χ4n) is 1.96. The maximum absolute atomic E-state index is 9.97. The maximum atomic E-state index is 9.97. The van der Waals surface area contributed by atoms with Crippen molar-refractivity contribution in [3.8, 4) is 28.7 Å². The van der Waals surface area contributed by atoms with Crippen molar-refractivity contribution in [1.29, 1.82) is 5.26 Å². The molecule has 0 aliphatic heterocycles. The first-order chi connectivity index (χ1) is 9.78. The van der Waals surface area contributed by atoms with E-state index in [9.17, 15) is 5.21 Å². The van der Waals surface area contributed by atoms with Crippen LogP contribution in [0.25, 0.3) is 22.6 Å². The van der Waals surface area contributed by atoms with Crippen LogP contribution in [0.5, 0.6) is 0 Å². The fourth-order valence-corrected chi connectivity index (χ4v) is 1.96. The highest BCUT2D eigenvalue weighted by Crippen LogP contribution is 2.24. The van der Waals surface area contributed by atoms with E-state index in [1.54, 1.807) is 36.7 Å². The van der Waals surface area contributed by atoms with E-state index in [2.05, 4.69) is 16.0 Å². The molecule has 0 aliphatic rings. The molecule has 2 heterocycles. The average molecular weight is 262 g/mol. The van der Waals surface area contributed by atoms with Gasteiger partial charge in [0.2, 0.25) is 0 Å². The molecule has 96 valence electrons. The number of hydrogen-bond acceptors (Lipinski definition) is 4. The van der Waals surface area contributed by atoms with Gasteiger partial charge in [0, 0.05) is 23.5 Å². The molecule has 2 aromatic heterocycles. The Morgan fingerprint density at radius 2 is 1.90 bits per heavy atom. The Balaban J connectivity index is 2.08. The maximum Gasteiger partial charge on any atom is 0.175 e. The van der Waals surface area contributed by atoms with E-state index in [1.807, 2.05) is 12.1 Å². The average Bonchev–Trinajstić information content (AvgIpc) is 2.90. The highest BCUT2D eigenvalue weighted by atomic mass is 16.5. The molecule has 1 aromatic carbocycles. The second kappa shape index (κ2) is 4.86. The first-order valence-corrected chi connectivity index (χ1v) is 5.97. The van der Waals surface area contributed by atoms with Crippen LogP contribution in [0, 0.1) is 11.3 Å². The van der Waals surface area contributed by atoms with Gasteiger partial charge in [0.05, 0.1) is 23.5 Å². The second-order valence-corrected chi connectivity index (χ2v) is 4.22. The molecule has 0 saturated heterocycles. The number of pyridine rings is 1. The van der Waals surface area contributed by atoms with Gasteiger partial charge < -0.3 is 5.21 Å². The van der Waals surface area contributed by atoms with Crippen LogP contribution in [-0.4, -0.2) is 19.9 Å². The Morgan fingerprint density at radius 3 is 2.65 bits per heavy atom. The summed E-state index contributed by atoms with van der Waals surface area (Å²) < 4.78 is 0.965. The Morgan fingerprint density at radius 1 is 1.10 bits per heavy atom. The molecule has 5 heteroatoms. The lowest BCUT2D eigenvalue weighted by molar-refractivity contribution is 0.191. The highest BCUT2D eigenvalue weighted by molar-refractivity contribution is 5.65. The van der Waals surface area contributed by atoms with E-state index in [4.69, 9.17) is 5.26 Å². The predicted octanol–water partition coefficient (Wildman–Crippen LogP) is 2.72. The minimum absolute atomic E-state index is 0.397. The molecule has 0 fully saturated rings. The van der Waals surface area contributed by atoms with Gasteiger partial charge in [0.25, 0.3) is 0 Å². The third-order valence-corrected chi connectivity index (χ3v) is 2.91. The number of imidazole rings is 1. The highest BCUT2D eigenvalue weighted by Gasteiger charge is 2.11. The molecule has 1 N–H and O–H groups in total. The minimum atomic E-state index is 0.397. The number of nitriles is 1. The van der Waals surface area contributed by atoms with Crippen LogP contribution in [0.3, 0.4) is 0 Å². The molecule has 0 aliphatic carbocycles. The summed E-state index contributed by atoms with van der Waals surface area (Å²) in [5, 5.41) is 18.9. The largest absolute Gasteiger partial charge is 0.427 e. The van der Waals surface area contributed by atoms with Crippen molar-refractivity contribution in [2.75, 3.05) is 0 Å². The second-order valence-electron chi connectivity index (χ2n) is 4.22. The SMILES string of the molecule is N#Cc1cccc(-c2nc(-c3ccncc3)cn2O)c1. The van der Waals surface area contributed by atoms with Crippen molar-refractivity contribution in [3.63, 3.8) is 0 Å². The minimum Gasteiger partial charge on any atom is -0.427 e. The van der Waals surface area contributed by atoms with Gasteiger partial charge in [-0.3, -0.25) is 4.98 Å². The van der Waals surface area contributed by atoms with Crippen LogP contribution in [-0.2, 0) is 0 Å². The van der Waals surface area contributed by atoms with Crippen molar-refractivity contribution < 1.29 is 5.21 Å². The topological polar surface area (TPSA) is 74.7 Å². The molecule has 20 heavy (non-hydrogen) atoms. The van der Waals surface area contributed by atoms with Crippen molar-refractivity contribution in [1.82, 2.24) is 14.7 Å². The molecule has 0 spiro atoms. The summed E-state index contributed by atoms with van der Waals surface area (Å²) in [5.74, 6) is 0.397. The van der Waals surface area contributed by atoms with Gasteiger partial charge in [-0.25, -0.2) is 4.98 Å². The van der Waals surface area contributed by atoms with Crippen molar-refractivity contribution in [2.24, 2.45) is 0 Å². The van der Waals surface area contributed by atoms with Crippen LogP contribution in [0.1, 0.15) is 5.56 Å². The van der Waals surface area contributed by atoms with Crippen molar-refractivity contribution in [3.05, 3.63) is 60.6 Å². The standard InChI is InChI=1S/C15H10N4O/c16-9-11-2-1-3-13(8-11)15-18-14(10-19(15)20)12-4-6-17-7-5-12/h1-8,10,20H. The lowest BCUT2D eigenvalue weighted by Crippen LogP contribution is -1.92. The first-order valence-electron chi connectivity index (χ1n) is 5.97. The zero-order chi connectivity index (χ0) is 13.9. The van der Waals surface area contributed by atoms with Crippen LogP contribution in [0.4, 0.5) is 0 Å². The molecular weight excluding hydrogens is 252 g/mol. The predicted molar refractivity (Wildman–Crippen MR) is 72.8 cm³/mol. The van der Waals surface area contributed by atoms with Crippen LogP contribution in [0.2, 0.25) is 0 Å². The summed E-state index contributed by atoms with van der Waals surface area (Å²) in [6.07, 6.45) is 4.87. The van der Waals surface area contributed by atoms with E-state index in [-0.39, 0.29) is 0 Å². The van der Waals surface area contributed by atoms with Crippen LogP contribution >= 0.6 is 0 Å². The number of benzene rings is 1. The molecule has 3 rings (SSSR count). The molecule has 0 amide bonds. The fraction of sp³-hybridized carbons (Fsp3) is 0. The Bertz CT molecular complexity index is 787. The van der Waals surface area contributed by atoms with Gasteiger partial charge in [-0.1, -0.05) is 12.1 Å². The molecular formula is C15H10N4O. The summed E-state index contributed by atoms with van der Waals surface area (Å²) in [6.45, 7) is 0. The van der Waals surface area contributed by atoms with E-state index < -0.39 is 0 Å². The van der Waals surface area contributed by atoms with Crippen molar-refractivity contribution >= 4 is 0 Å². The van der Waals surface area contributed by atoms with Crippen LogP contribution < -0.4 is 0 Å². The number of nitrogens with zero attached hydrogens (tertiary/aromatic N) is 4. The third-order valence-electron chi connectivity index (χ3n) is 2.91. The lowest BCUT2D eigenvalue weighted by Gasteiger charge is -1.99. The molecule has 0 bridgehead atoms. The lowest BCUT2D eigenvalue weighted by atomic mass is 10.1. The summed E-state index contributed by atoms with van der Waals surface area (Å²) in [6, 6.07) is 12.7. The molecule has 5 nitrogen and oxygen atoms in total. The third kappa shape index (κ3) is 2.10. The molecule has 0 saturated carbocycles. The van der Waals surface area contributed by atoms with E-state index >= 15 is 0 Å². The zero-order valence-electron chi connectivity index (χ0n) is 10.4. The van der Waals surface area contributed by atoms with Gasteiger partial charge in [-0.05, 0) is 24.3 Å². The summed E-state index contributed by atoms with van der Waals surface area (Å²) in [5.41, 5.74) is 2.72. The summed E-state index contributed by atoms with van der Waals surface area (Å²) in [7, 11) is 0.